The highest BCUT2D eigenvalue weighted by atomic mass is 16.5. The summed E-state index contributed by atoms with van der Waals surface area (Å²) in [6.45, 7) is 4.83. The van der Waals surface area contributed by atoms with Crippen molar-refractivity contribution in [3.8, 4) is 0 Å². The van der Waals surface area contributed by atoms with Crippen molar-refractivity contribution in [1.82, 2.24) is 10.2 Å². The summed E-state index contributed by atoms with van der Waals surface area (Å²) >= 11 is 0. The second kappa shape index (κ2) is 6.04. The molecule has 19 heavy (non-hydrogen) atoms. The Labute approximate surface area is 115 Å². The first-order valence-electron chi connectivity index (χ1n) is 7.41. The van der Waals surface area contributed by atoms with Gasteiger partial charge < -0.3 is 10.1 Å². The van der Waals surface area contributed by atoms with E-state index in [0.29, 0.717) is 6.10 Å². The molecule has 0 bridgehead atoms. The lowest BCUT2D eigenvalue weighted by Crippen LogP contribution is -2.44. The summed E-state index contributed by atoms with van der Waals surface area (Å²) in [6.07, 6.45) is 3.09. The Kier molecular flexibility index (Phi) is 4.16. The van der Waals surface area contributed by atoms with E-state index in [0.717, 1.165) is 38.7 Å². The quantitative estimate of drug-likeness (QED) is 0.876. The van der Waals surface area contributed by atoms with Gasteiger partial charge in [0.15, 0.2) is 0 Å². The Hall–Kier alpha value is -0.900. The Balaban J connectivity index is 1.53. The van der Waals surface area contributed by atoms with Crippen LogP contribution in [0.15, 0.2) is 24.3 Å². The normalized spacial score (nSPS) is 23.8. The molecule has 1 aromatic rings. The second-order valence-corrected chi connectivity index (χ2v) is 5.91. The van der Waals surface area contributed by atoms with E-state index in [1.807, 2.05) is 0 Å². The van der Waals surface area contributed by atoms with E-state index in [2.05, 4.69) is 41.5 Å². The van der Waals surface area contributed by atoms with Crippen molar-refractivity contribution < 1.29 is 4.74 Å². The van der Waals surface area contributed by atoms with Crippen LogP contribution < -0.4 is 5.32 Å². The zero-order valence-electron chi connectivity index (χ0n) is 11.8. The van der Waals surface area contributed by atoms with E-state index in [1.165, 1.54) is 24.0 Å². The van der Waals surface area contributed by atoms with Gasteiger partial charge in [-0.05, 0) is 36.9 Å². The lowest BCUT2D eigenvalue weighted by atomic mass is 10.1. The fourth-order valence-electron chi connectivity index (χ4n) is 2.82. The van der Waals surface area contributed by atoms with E-state index < -0.39 is 0 Å². The number of likely N-dealkylation sites (N-methyl/N-ethyl adjacent to an activating group) is 1. The molecular weight excluding hydrogens is 236 g/mol. The average Bonchev–Trinajstić information content (AvgIpc) is 3.24. The Morgan fingerprint density at radius 3 is 3.00 bits per heavy atom. The maximum absolute atomic E-state index is 5.75. The first-order chi connectivity index (χ1) is 9.31. The smallest absolute Gasteiger partial charge is 0.0826 e. The van der Waals surface area contributed by atoms with Crippen LogP contribution in [-0.4, -0.2) is 44.3 Å². The van der Waals surface area contributed by atoms with Gasteiger partial charge in [0.1, 0.15) is 0 Å². The third-order valence-corrected chi connectivity index (χ3v) is 3.97. The Morgan fingerprint density at radius 1 is 1.37 bits per heavy atom. The minimum atomic E-state index is 0.338. The molecule has 1 atom stereocenters. The molecule has 0 amide bonds. The van der Waals surface area contributed by atoms with Gasteiger partial charge in [0.2, 0.25) is 0 Å². The lowest BCUT2D eigenvalue weighted by molar-refractivity contribution is 0.00884. The minimum absolute atomic E-state index is 0.338. The van der Waals surface area contributed by atoms with Crippen LogP contribution >= 0.6 is 0 Å². The van der Waals surface area contributed by atoms with Gasteiger partial charge >= 0.3 is 0 Å². The van der Waals surface area contributed by atoms with Crippen molar-refractivity contribution in [3.05, 3.63) is 35.4 Å². The molecular formula is C16H24N2O. The SMILES string of the molecule is CN(Cc1cccc(C2CC2)c1)CC1CNCCO1. The number of nitrogens with one attached hydrogen (secondary N) is 1. The van der Waals surface area contributed by atoms with E-state index in [4.69, 9.17) is 4.74 Å². The first-order valence-corrected chi connectivity index (χ1v) is 7.41. The molecule has 1 N–H and O–H groups in total. The van der Waals surface area contributed by atoms with Crippen LogP contribution in [0.2, 0.25) is 0 Å². The molecule has 2 aliphatic rings. The van der Waals surface area contributed by atoms with Gasteiger partial charge in [0.05, 0.1) is 12.7 Å². The molecule has 3 nitrogen and oxygen atoms in total. The minimum Gasteiger partial charge on any atom is -0.374 e. The van der Waals surface area contributed by atoms with Crippen molar-refractivity contribution in [2.45, 2.75) is 31.4 Å². The number of hydrogen-bond acceptors (Lipinski definition) is 3. The molecule has 3 rings (SSSR count). The molecule has 1 unspecified atom stereocenters. The monoisotopic (exact) mass is 260 g/mol. The van der Waals surface area contributed by atoms with Crippen LogP contribution in [0.25, 0.3) is 0 Å². The molecule has 0 aromatic heterocycles. The molecule has 104 valence electrons. The van der Waals surface area contributed by atoms with Crippen molar-refractivity contribution in [3.63, 3.8) is 0 Å². The van der Waals surface area contributed by atoms with Crippen molar-refractivity contribution >= 4 is 0 Å². The van der Waals surface area contributed by atoms with E-state index in [-0.39, 0.29) is 0 Å². The Bertz CT molecular complexity index is 411. The summed E-state index contributed by atoms with van der Waals surface area (Å²) < 4.78 is 5.75. The number of benzene rings is 1. The van der Waals surface area contributed by atoms with Crippen LogP contribution in [0.1, 0.15) is 29.9 Å². The fraction of sp³-hybridized carbons (Fsp3) is 0.625. The largest absolute Gasteiger partial charge is 0.374 e. The van der Waals surface area contributed by atoms with E-state index in [9.17, 15) is 0 Å². The van der Waals surface area contributed by atoms with Gasteiger partial charge in [0.25, 0.3) is 0 Å². The van der Waals surface area contributed by atoms with Crippen molar-refractivity contribution in [1.29, 1.82) is 0 Å². The molecule has 1 heterocycles. The third kappa shape index (κ3) is 3.78. The number of ether oxygens (including phenoxy) is 1. The number of hydrogen-bond donors (Lipinski definition) is 1. The van der Waals surface area contributed by atoms with Crippen molar-refractivity contribution in [2.75, 3.05) is 33.3 Å². The first kappa shape index (κ1) is 13.1. The molecule has 3 heteroatoms. The van der Waals surface area contributed by atoms with Crippen LogP contribution in [0.3, 0.4) is 0 Å². The molecule has 0 radical (unpaired) electrons. The highest BCUT2D eigenvalue weighted by Gasteiger charge is 2.23. The summed E-state index contributed by atoms with van der Waals surface area (Å²) in [5.41, 5.74) is 2.96. The maximum Gasteiger partial charge on any atom is 0.0826 e. The van der Waals surface area contributed by atoms with Crippen LogP contribution in [0.5, 0.6) is 0 Å². The third-order valence-electron chi connectivity index (χ3n) is 3.97. The molecule has 0 spiro atoms. The zero-order valence-corrected chi connectivity index (χ0v) is 11.8. The van der Waals surface area contributed by atoms with Gasteiger partial charge in [-0.3, -0.25) is 4.90 Å². The summed E-state index contributed by atoms with van der Waals surface area (Å²) in [5.74, 6) is 0.844. The molecule has 1 saturated carbocycles. The number of rotatable bonds is 5. The lowest BCUT2D eigenvalue weighted by Gasteiger charge is -2.28. The summed E-state index contributed by atoms with van der Waals surface area (Å²) in [7, 11) is 2.18. The average molecular weight is 260 g/mol. The molecule has 1 aromatic carbocycles. The van der Waals surface area contributed by atoms with Gasteiger partial charge in [-0.25, -0.2) is 0 Å². The van der Waals surface area contributed by atoms with Gasteiger partial charge in [-0.1, -0.05) is 24.3 Å². The number of nitrogens with zero attached hydrogens (tertiary/aromatic N) is 1. The van der Waals surface area contributed by atoms with Gasteiger partial charge in [0, 0.05) is 26.2 Å². The van der Waals surface area contributed by atoms with Crippen LogP contribution in [-0.2, 0) is 11.3 Å². The second-order valence-electron chi connectivity index (χ2n) is 5.91. The Morgan fingerprint density at radius 2 is 2.26 bits per heavy atom. The van der Waals surface area contributed by atoms with E-state index >= 15 is 0 Å². The zero-order chi connectivity index (χ0) is 13.1. The van der Waals surface area contributed by atoms with Crippen LogP contribution in [0.4, 0.5) is 0 Å². The predicted octanol–water partition coefficient (Wildman–Crippen LogP) is 1.98. The highest BCUT2D eigenvalue weighted by Crippen LogP contribution is 2.40. The topological polar surface area (TPSA) is 24.5 Å². The van der Waals surface area contributed by atoms with Gasteiger partial charge in [-0.15, -0.1) is 0 Å². The molecule has 1 aliphatic heterocycles. The predicted molar refractivity (Wildman–Crippen MR) is 77.4 cm³/mol. The van der Waals surface area contributed by atoms with Gasteiger partial charge in [-0.2, -0.15) is 0 Å². The van der Waals surface area contributed by atoms with Crippen LogP contribution in [0, 0.1) is 0 Å². The molecule has 1 aliphatic carbocycles. The van der Waals surface area contributed by atoms with E-state index in [1.54, 1.807) is 0 Å². The summed E-state index contributed by atoms with van der Waals surface area (Å²) in [4.78, 5) is 2.36. The highest BCUT2D eigenvalue weighted by molar-refractivity contribution is 5.29. The number of morpholine rings is 1. The molecule has 1 saturated heterocycles. The molecule has 2 fully saturated rings. The fourth-order valence-corrected chi connectivity index (χ4v) is 2.82. The standard InChI is InChI=1S/C16H24N2O/c1-18(12-16-10-17-7-8-19-16)11-13-3-2-4-15(9-13)14-5-6-14/h2-4,9,14,16-17H,5-8,10-12H2,1H3. The summed E-state index contributed by atoms with van der Waals surface area (Å²) in [5, 5.41) is 3.38. The summed E-state index contributed by atoms with van der Waals surface area (Å²) in [6, 6.07) is 9.10. The van der Waals surface area contributed by atoms with Crippen molar-refractivity contribution in [2.24, 2.45) is 0 Å². The maximum atomic E-state index is 5.75.